The maximum absolute atomic E-state index is 12.9. The Morgan fingerprint density at radius 1 is 1.33 bits per heavy atom. The number of thiophene rings is 1. The first-order chi connectivity index (χ1) is 8.04. The van der Waals surface area contributed by atoms with Gasteiger partial charge in [-0.05, 0) is 26.0 Å². The molecule has 2 rings (SSSR count). The summed E-state index contributed by atoms with van der Waals surface area (Å²) in [4.78, 5) is 12.8. The summed E-state index contributed by atoms with van der Waals surface area (Å²) in [5.74, 6) is 1.12. The number of nitrogens with two attached hydrogens (primary N) is 1. The van der Waals surface area contributed by atoms with E-state index in [1.807, 2.05) is 6.92 Å². The molecular weight excluding hydrogens is 253 g/mol. The Morgan fingerprint density at radius 3 is 2.61 bits per heavy atom. The molecule has 0 radical (unpaired) electrons. The number of hydrogen-bond acceptors (Lipinski definition) is 6. The molecule has 1 unspecified atom stereocenters. The van der Waals surface area contributed by atoms with Crippen molar-refractivity contribution in [3.8, 4) is 0 Å². The minimum atomic E-state index is -0.208. The first kappa shape index (κ1) is 14.3. The third-order valence-corrected chi connectivity index (χ3v) is 3.19. The van der Waals surface area contributed by atoms with Crippen LogP contribution in [0.15, 0.2) is 12.1 Å². The summed E-state index contributed by atoms with van der Waals surface area (Å²) < 4.78 is 12.9. The van der Waals surface area contributed by atoms with Crippen LogP contribution in [0.5, 0.6) is 0 Å². The van der Waals surface area contributed by atoms with Gasteiger partial charge < -0.3 is 11.1 Å². The van der Waals surface area contributed by atoms with Gasteiger partial charge in [0.1, 0.15) is 5.82 Å². The zero-order valence-electron chi connectivity index (χ0n) is 9.44. The number of halogens is 1. The number of aromatic nitrogens is 3. The number of rotatable bonds is 3. The number of anilines is 2. The van der Waals surface area contributed by atoms with Crippen LogP contribution in [-0.4, -0.2) is 15.0 Å². The van der Waals surface area contributed by atoms with Crippen molar-refractivity contribution in [2.75, 3.05) is 11.1 Å². The molecule has 0 fully saturated rings. The summed E-state index contributed by atoms with van der Waals surface area (Å²) in [5, 5.41) is 2.85. The van der Waals surface area contributed by atoms with Gasteiger partial charge in [0.2, 0.25) is 11.9 Å². The Hall–Kier alpha value is -1.76. The molecule has 98 valence electrons. The lowest BCUT2D eigenvalue weighted by Gasteiger charge is -2.12. The normalized spacial score (nSPS) is 11.7. The zero-order chi connectivity index (χ0) is 12.4. The van der Waals surface area contributed by atoms with Crippen LogP contribution >= 0.6 is 11.3 Å². The van der Waals surface area contributed by atoms with Crippen LogP contribution in [0.2, 0.25) is 0 Å². The number of nitrogens with zero attached hydrogens (tertiary/aromatic N) is 3. The molecular formula is C11H16FN5S. The molecule has 0 aliphatic rings. The van der Waals surface area contributed by atoms with E-state index in [-0.39, 0.29) is 24.5 Å². The average molecular weight is 269 g/mol. The average Bonchev–Trinajstić information content (AvgIpc) is 2.63. The summed E-state index contributed by atoms with van der Waals surface area (Å²) in [7, 11) is 0. The SMILES string of the molecule is C.Cc1nc(N)nc(NC(C)c2ccc(F)s2)n1. The Labute approximate surface area is 109 Å². The molecule has 0 saturated heterocycles. The van der Waals surface area contributed by atoms with Crippen molar-refractivity contribution < 1.29 is 4.39 Å². The van der Waals surface area contributed by atoms with E-state index in [4.69, 9.17) is 5.73 Å². The van der Waals surface area contributed by atoms with Crippen molar-refractivity contribution in [3.63, 3.8) is 0 Å². The Kier molecular flexibility index (Phi) is 4.55. The Bertz CT molecular complexity index is 508. The Balaban J connectivity index is 0.00000162. The highest BCUT2D eigenvalue weighted by Gasteiger charge is 2.10. The van der Waals surface area contributed by atoms with Gasteiger partial charge in [-0.3, -0.25) is 0 Å². The third kappa shape index (κ3) is 3.36. The lowest BCUT2D eigenvalue weighted by Crippen LogP contribution is -2.11. The van der Waals surface area contributed by atoms with Gasteiger partial charge in [0.15, 0.2) is 5.13 Å². The first-order valence-corrected chi connectivity index (χ1v) is 5.86. The van der Waals surface area contributed by atoms with Crippen LogP contribution in [0.1, 0.15) is 31.1 Å². The second-order valence-corrected chi connectivity index (χ2v) is 4.64. The summed E-state index contributed by atoms with van der Waals surface area (Å²) in [6.07, 6.45) is 0. The third-order valence-electron chi connectivity index (χ3n) is 2.13. The Morgan fingerprint density at radius 2 is 2.06 bits per heavy atom. The lowest BCUT2D eigenvalue weighted by molar-refractivity contribution is 0.657. The van der Waals surface area contributed by atoms with Gasteiger partial charge in [-0.1, -0.05) is 7.43 Å². The van der Waals surface area contributed by atoms with Crippen LogP contribution in [0.25, 0.3) is 0 Å². The second kappa shape index (κ2) is 5.72. The van der Waals surface area contributed by atoms with E-state index >= 15 is 0 Å². The van der Waals surface area contributed by atoms with Crippen LogP contribution < -0.4 is 11.1 Å². The molecule has 0 aliphatic carbocycles. The van der Waals surface area contributed by atoms with Crippen molar-refractivity contribution >= 4 is 23.2 Å². The van der Waals surface area contributed by atoms with Gasteiger partial charge in [-0.2, -0.15) is 19.3 Å². The van der Waals surface area contributed by atoms with E-state index in [1.54, 1.807) is 13.0 Å². The van der Waals surface area contributed by atoms with Crippen molar-refractivity contribution in [1.82, 2.24) is 15.0 Å². The molecule has 0 bridgehead atoms. The van der Waals surface area contributed by atoms with E-state index in [0.717, 1.165) is 16.2 Å². The number of hydrogen-bond donors (Lipinski definition) is 2. The molecule has 7 heteroatoms. The summed E-state index contributed by atoms with van der Waals surface area (Å²) >= 11 is 1.09. The van der Waals surface area contributed by atoms with Crippen molar-refractivity contribution in [3.05, 3.63) is 28.0 Å². The van der Waals surface area contributed by atoms with Crippen molar-refractivity contribution in [2.45, 2.75) is 27.3 Å². The van der Waals surface area contributed by atoms with Crippen molar-refractivity contribution in [2.24, 2.45) is 0 Å². The van der Waals surface area contributed by atoms with Crippen LogP contribution in [0.3, 0.4) is 0 Å². The predicted octanol–water partition coefficient (Wildman–Crippen LogP) is 2.77. The summed E-state index contributed by atoms with van der Waals surface area (Å²) in [6.45, 7) is 3.64. The minimum absolute atomic E-state index is 0. The fourth-order valence-electron chi connectivity index (χ4n) is 1.39. The molecule has 0 saturated carbocycles. The maximum atomic E-state index is 12.9. The standard InChI is InChI=1S/C10H12FN5S.CH4/c1-5(7-3-4-8(11)17-7)13-10-15-6(2)14-9(12)16-10;/h3-5H,1-2H3,(H3,12,13,14,15,16);1H4. The molecule has 1 atom stereocenters. The van der Waals surface area contributed by atoms with Crippen LogP contribution in [0, 0.1) is 12.1 Å². The molecule has 5 nitrogen and oxygen atoms in total. The highest BCUT2D eigenvalue weighted by molar-refractivity contribution is 7.10. The predicted molar refractivity (Wildman–Crippen MR) is 72.0 cm³/mol. The van der Waals surface area contributed by atoms with Gasteiger partial charge in [-0.15, -0.1) is 11.3 Å². The minimum Gasteiger partial charge on any atom is -0.368 e. The van der Waals surface area contributed by atoms with Gasteiger partial charge in [0, 0.05) is 4.88 Å². The van der Waals surface area contributed by atoms with E-state index in [0.29, 0.717) is 11.8 Å². The number of aryl methyl sites for hydroxylation is 1. The second-order valence-electron chi connectivity index (χ2n) is 3.57. The highest BCUT2D eigenvalue weighted by atomic mass is 32.1. The molecule has 3 N–H and O–H groups in total. The van der Waals surface area contributed by atoms with E-state index in [2.05, 4.69) is 20.3 Å². The molecule has 0 amide bonds. The van der Waals surface area contributed by atoms with Gasteiger partial charge in [0.25, 0.3) is 0 Å². The quantitative estimate of drug-likeness (QED) is 0.896. The van der Waals surface area contributed by atoms with Crippen LogP contribution in [-0.2, 0) is 0 Å². The molecule has 2 aromatic rings. The van der Waals surface area contributed by atoms with E-state index in [1.165, 1.54) is 6.07 Å². The van der Waals surface area contributed by atoms with Gasteiger partial charge in [-0.25, -0.2) is 0 Å². The lowest BCUT2D eigenvalue weighted by atomic mass is 10.3. The molecule has 2 aromatic heterocycles. The van der Waals surface area contributed by atoms with Crippen LogP contribution in [0.4, 0.5) is 16.3 Å². The first-order valence-electron chi connectivity index (χ1n) is 5.04. The molecule has 2 heterocycles. The zero-order valence-corrected chi connectivity index (χ0v) is 10.3. The maximum Gasteiger partial charge on any atom is 0.228 e. The molecule has 0 spiro atoms. The molecule has 0 aliphatic heterocycles. The summed E-state index contributed by atoms with van der Waals surface area (Å²) in [5.41, 5.74) is 5.52. The topological polar surface area (TPSA) is 76.7 Å². The van der Waals surface area contributed by atoms with E-state index < -0.39 is 0 Å². The smallest absolute Gasteiger partial charge is 0.228 e. The number of nitrogen functional groups attached to an aromatic ring is 1. The number of nitrogens with one attached hydrogen (secondary N) is 1. The fraction of sp³-hybridized carbons (Fsp3) is 0.364. The van der Waals surface area contributed by atoms with Crippen molar-refractivity contribution in [1.29, 1.82) is 0 Å². The van der Waals surface area contributed by atoms with Gasteiger partial charge in [0.05, 0.1) is 6.04 Å². The molecule has 18 heavy (non-hydrogen) atoms. The highest BCUT2D eigenvalue weighted by Crippen LogP contribution is 2.24. The largest absolute Gasteiger partial charge is 0.368 e. The summed E-state index contributed by atoms with van der Waals surface area (Å²) in [6, 6.07) is 3.09. The monoisotopic (exact) mass is 269 g/mol. The fourth-order valence-corrected chi connectivity index (χ4v) is 2.13. The van der Waals surface area contributed by atoms with Gasteiger partial charge >= 0.3 is 0 Å². The van der Waals surface area contributed by atoms with E-state index in [9.17, 15) is 4.39 Å². The molecule has 0 aromatic carbocycles.